The minimum Gasteiger partial charge on any atom is -0.349 e. The van der Waals surface area contributed by atoms with Gasteiger partial charge in [0.15, 0.2) is 11.5 Å². The normalized spacial score (nSPS) is 18.4. The van der Waals surface area contributed by atoms with Gasteiger partial charge in [-0.15, -0.1) is 0 Å². The molecule has 98 valence electrons. The minimum absolute atomic E-state index is 0.277. The smallest absolute Gasteiger partial charge is 0.183 e. The van der Waals surface area contributed by atoms with E-state index in [2.05, 4.69) is 45.2 Å². The molecule has 1 fully saturated rings. The maximum Gasteiger partial charge on any atom is 0.183 e. The van der Waals surface area contributed by atoms with Crippen molar-refractivity contribution in [3.8, 4) is 6.07 Å². The Kier molecular flexibility index (Phi) is 2.31. The van der Waals surface area contributed by atoms with Crippen molar-refractivity contribution in [2.45, 2.75) is 24.8 Å². The second-order valence-electron chi connectivity index (χ2n) is 5.63. The summed E-state index contributed by atoms with van der Waals surface area (Å²) in [5, 5.41) is 9.21. The topological polar surface area (TPSA) is 52.8 Å². The molecule has 1 aliphatic carbocycles. The van der Waals surface area contributed by atoms with Crippen molar-refractivity contribution in [1.29, 1.82) is 5.26 Å². The Balaban J connectivity index is 1.79. The molecule has 1 aromatic carbocycles. The molecule has 2 aliphatic rings. The molecule has 20 heavy (non-hydrogen) atoms. The fourth-order valence-electron chi connectivity index (χ4n) is 3.26. The third kappa shape index (κ3) is 1.60. The van der Waals surface area contributed by atoms with Gasteiger partial charge in [-0.25, -0.2) is 9.97 Å². The van der Waals surface area contributed by atoms with E-state index in [1.54, 1.807) is 12.4 Å². The average molecular weight is 262 g/mol. The standard InChI is InChI=1S/C16H14N4/c17-9-14-15(19-8-7-18-14)20-10-12-3-1-2-4-13(12)16(11-20)5-6-16/h1-4,7-8H,5-6,10-11H2. The van der Waals surface area contributed by atoms with E-state index in [0.717, 1.165) is 18.9 Å². The zero-order chi connectivity index (χ0) is 13.6. The van der Waals surface area contributed by atoms with Gasteiger partial charge in [-0.1, -0.05) is 24.3 Å². The summed E-state index contributed by atoms with van der Waals surface area (Å²) in [5.74, 6) is 0.718. The van der Waals surface area contributed by atoms with E-state index in [9.17, 15) is 5.26 Å². The summed E-state index contributed by atoms with van der Waals surface area (Å²) in [6.45, 7) is 1.75. The fraction of sp³-hybridized carbons (Fsp3) is 0.312. The number of benzene rings is 1. The van der Waals surface area contributed by atoms with Crippen LogP contribution >= 0.6 is 0 Å². The van der Waals surface area contributed by atoms with Gasteiger partial charge < -0.3 is 4.90 Å². The van der Waals surface area contributed by atoms with Gasteiger partial charge >= 0.3 is 0 Å². The van der Waals surface area contributed by atoms with Crippen molar-refractivity contribution in [3.63, 3.8) is 0 Å². The molecule has 4 heteroatoms. The lowest BCUT2D eigenvalue weighted by atomic mass is 9.87. The molecular formula is C16H14N4. The molecule has 4 nitrogen and oxygen atoms in total. The number of anilines is 1. The van der Waals surface area contributed by atoms with Gasteiger partial charge in [0.25, 0.3) is 0 Å². The van der Waals surface area contributed by atoms with Gasteiger partial charge in [0, 0.05) is 30.9 Å². The number of aromatic nitrogens is 2. The summed E-state index contributed by atoms with van der Waals surface area (Å²) in [6, 6.07) is 10.8. The highest BCUT2D eigenvalue weighted by Crippen LogP contribution is 2.52. The SMILES string of the molecule is N#Cc1nccnc1N1Cc2ccccc2C2(CC2)C1. The highest BCUT2D eigenvalue weighted by molar-refractivity contribution is 5.55. The van der Waals surface area contributed by atoms with Crippen LogP contribution < -0.4 is 4.90 Å². The van der Waals surface area contributed by atoms with Crippen molar-refractivity contribution >= 4 is 5.82 Å². The lowest BCUT2D eigenvalue weighted by Gasteiger charge is -2.35. The largest absolute Gasteiger partial charge is 0.349 e. The van der Waals surface area contributed by atoms with Crippen molar-refractivity contribution < 1.29 is 0 Å². The maximum absolute atomic E-state index is 9.21. The summed E-state index contributed by atoms with van der Waals surface area (Å²) < 4.78 is 0. The molecule has 2 aromatic rings. The maximum atomic E-state index is 9.21. The summed E-state index contributed by atoms with van der Waals surface area (Å²) in [6.07, 6.45) is 5.69. The van der Waals surface area contributed by atoms with E-state index in [-0.39, 0.29) is 5.41 Å². The third-order valence-corrected chi connectivity index (χ3v) is 4.38. The molecule has 1 aliphatic heterocycles. The predicted molar refractivity (Wildman–Crippen MR) is 75.2 cm³/mol. The second-order valence-corrected chi connectivity index (χ2v) is 5.63. The first-order valence-corrected chi connectivity index (χ1v) is 6.87. The predicted octanol–water partition coefficient (Wildman–Crippen LogP) is 2.40. The molecule has 4 rings (SSSR count). The van der Waals surface area contributed by atoms with Gasteiger partial charge in [0.1, 0.15) is 6.07 Å². The molecule has 0 bridgehead atoms. The summed E-state index contributed by atoms with van der Waals surface area (Å²) >= 11 is 0. The third-order valence-electron chi connectivity index (χ3n) is 4.38. The van der Waals surface area contributed by atoms with Gasteiger partial charge in [-0.05, 0) is 24.0 Å². The molecule has 0 unspecified atom stereocenters. The summed E-state index contributed by atoms with van der Waals surface area (Å²) in [5.41, 5.74) is 3.53. The fourth-order valence-corrected chi connectivity index (χ4v) is 3.26. The van der Waals surface area contributed by atoms with Crippen LogP contribution in [-0.4, -0.2) is 16.5 Å². The summed E-state index contributed by atoms with van der Waals surface area (Å²) in [7, 11) is 0. The van der Waals surface area contributed by atoms with E-state index in [4.69, 9.17) is 0 Å². The molecule has 0 radical (unpaired) electrons. The Labute approximate surface area is 117 Å². The lowest BCUT2D eigenvalue weighted by molar-refractivity contribution is 0.586. The Morgan fingerprint density at radius 1 is 1.15 bits per heavy atom. The van der Waals surface area contributed by atoms with E-state index in [1.165, 1.54) is 24.0 Å². The first kappa shape index (κ1) is 11.4. The highest BCUT2D eigenvalue weighted by Gasteiger charge is 2.49. The Hall–Kier alpha value is -2.41. The number of fused-ring (bicyclic) bond motifs is 2. The molecule has 0 saturated heterocycles. The number of nitrogens with zero attached hydrogens (tertiary/aromatic N) is 4. The minimum atomic E-state index is 0.277. The number of hydrogen-bond acceptors (Lipinski definition) is 4. The van der Waals surface area contributed by atoms with Crippen molar-refractivity contribution in [2.75, 3.05) is 11.4 Å². The van der Waals surface area contributed by atoms with E-state index in [1.807, 2.05) is 0 Å². The molecule has 1 spiro atoms. The van der Waals surface area contributed by atoms with E-state index in [0.29, 0.717) is 5.69 Å². The van der Waals surface area contributed by atoms with Crippen LogP contribution in [0.1, 0.15) is 29.7 Å². The highest BCUT2D eigenvalue weighted by atomic mass is 15.2. The Morgan fingerprint density at radius 2 is 1.95 bits per heavy atom. The van der Waals surface area contributed by atoms with E-state index < -0.39 is 0 Å². The molecule has 1 aromatic heterocycles. The van der Waals surface area contributed by atoms with Crippen LogP contribution in [-0.2, 0) is 12.0 Å². The van der Waals surface area contributed by atoms with Crippen LogP contribution in [0.15, 0.2) is 36.7 Å². The summed E-state index contributed by atoms with van der Waals surface area (Å²) in [4.78, 5) is 10.7. The quantitative estimate of drug-likeness (QED) is 0.792. The van der Waals surface area contributed by atoms with Crippen molar-refractivity contribution in [1.82, 2.24) is 9.97 Å². The molecule has 0 amide bonds. The zero-order valence-corrected chi connectivity index (χ0v) is 11.1. The van der Waals surface area contributed by atoms with Gasteiger partial charge in [0.05, 0.1) is 0 Å². The van der Waals surface area contributed by atoms with Gasteiger partial charge in [-0.2, -0.15) is 5.26 Å². The first-order valence-electron chi connectivity index (χ1n) is 6.87. The van der Waals surface area contributed by atoms with Crippen LogP contribution in [0, 0.1) is 11.3 Å². The Bertz CT molecular complexity index is 712. The van der Waals surface area contributed by atoms with Crippen LogP contribution in [0.3, 0.4) is 0 Å². The number of hydrogen-bond donors (Lipinski definition) is 0. The van der Waals surface area contributed by atoms with Crippen LogP contribution in [0.5, 0.6) is 0 Å². The molecular weight excluding hydrogens is 248 g/mol. The van der Waals surface area contributed by atoms with Crippen molar-refractivity contribution in [2.24, 2.45) is 0 Å². The molecule has 2 heterocycles. The lowest BCUT2D eigenvalue weighted by Crippen LogP contribution is -2.38. The monoisotopic (exact) mass is 262 g/mol. The Morgan fingerprint density at radius 3 is 2.75 bits per heavy atom. The zero-order valence-electron chi connectivity index (χ0n) is 11.1. The van der Waals surface area contributed by atoms with Gasteiger partial charge in [-0.3, -0.25) is 0 Å². The van der Waals surface area contributed by atoms with E-state index >= 15 is 0 Å². The first-order chi connectivity index (χ1) is 9.82. The molecule has 0 N–H and O–H groups in total. The molecule has 1 saturated carbocycles. The average Bonchev–Trinajstić information content (AvgIpc) is 3.27. The van der Waals surface area contributed by atoms with Gasteiger partial charge in [0.2, 0.25) is 0 Å². The second kappa shape index (κ2) is 4.04. The van der Waals surface area contributed by atoms with Crippen molar-refractivity contribution in [3.05, 3.63) is 53.5 Å². The number of nitriles is 1. The van der Waals surface area contributed by atoms with Crippen LogP contribution in [0.25, 0.3) is 0 Å². The molecule has 0 atom stereocenters. The van der Waals surface area contributed by atoms with Crippen LogP contribution in [0.2, 0.25) is 0 Å². The van der Waals surface area contributed by atoms with Crippen LogP contribution in [0.4, 0.5) is 5.82 Å². The number of rotatable bonds is 1.